The van der Waals surface area contributed by atoms with E-state index < -0.39 is 0 Å². The summed E-state index contributed by atoms with van der Waals surface area (Å²) in [6.07, 6.45) is 5.47. The fourth-order valence-corrected chi connectivity index (χ4v) is 3.59. The molecule has 1 aliphatic rings. The molecule has 7 nitrogen and oxygen atoms in total. The minimum atomic E-state index is -0.186. The molecule has 0 radical (unpaired) electrons. The Morgan fingerprint density at radius 1 is 1.07 bits per heavy atom. The molecule has 7 heteroatoms. The van der Waals surface area contributed by atoms with Crippen LogP contribution in [-0.4, -0.2) is 44.6 Å². The Bertz CT molecular complexity index is 1030. The Balaban J connectivity index is 1.39. The highest BCUT2D eigenvalue weighted by molar-refractivity contribution is 5.97. The molecule has 0 spiro atoms. The van der Waals surface area contributed by atoms with Crippen molar-refractivity contribution in [3.8, 4) is 0 Å². The average molecular weight is 391 g/mol. The molecule has 1 aliphatic heterocycles. The van der Waals surface area contributed by atoms with Gasteiger partial charge in [0, 0.05) is 42.8 Å². The number of hydrogen-bond acceptors (Lipinski definition) is 4. The van der Waals surface area contributed by atoms with Crippen molar-refractivity contribution < 1.29 is 9.59 Å². The van der Waals surface area contributed by atoms with Crippen LogP contribution in [0.5, 0.6) is 0 Å². The van der Waals surface area contributed by atoms with Gasteiger partial charge in [-0.1, -0.05) is 12.1 Å². The zero-order chi connectivity index (χ0) is 20.4. The van der Waals surface area contributed by atoms with E-state index in [1.54, 1.807) is 18.5 Å². The monoisotopic (exact) mass is 391 g/mol. The third-order valence-corrected chi connectivity index (χ3v) is 5.23. The molecule has 1 fully saturated rings. The number of pyridine rings is 1. The molecule has 29 heavy (non-hydrogen) atoms. The normalized spacial score (nSPS) is 14.0. The van der Waals surface area contributed by atoms with Gasteiger partial charge in [-0.25, -0.2) is 9.67 Å². The maximum absolute atomic E-state index is 12.5. The second-order valence-electron chi connectivity index (χ2n) is 7.70. The van der Waals surface area contributed by atoms with Crippen molar-refractivity contribution in [2.45, 2.75) is 39.3 Å². The highest BCUT2D eigenvalue weighted by Gasteiger charge is 2.19. The SMILES string of the molecule is CC(C)n1ncc2cc(C(=O)NCc3ccc(C(=O)N4CCCC4)cc3)cnc21. The lowest BCUT2D eigenvalue weighted by Gasteiger charge is -2.15. The van der Waals surface area contributed by atoms with Gasteiger partial charge in [-0.15, -0.1) is 0 Å². The summed E-state index contributed by atoms with van der Waals surface area (Å²) in [4.78, 5) is 31.2. The van der Waals surface area contributed by atoms with E-state index in [1.165, 1.54) is 0 Å². The lowest BCUT2D eigenvalue weighted by atomic mass is 10.1. The van der Waals surface area contributed by atoms with E-state index in [2.05, 4.69) is 15.4 Å². The molecule has 0 aliphatic carbocycles. The molecule has 0 unspecified atom stereocenters. The van der Waals surface area contributed by atoms with Gasteiger partial charge >= 0.3 is 0 Å². The van der Waals surface area contributed by atoms with Gasteiger partial charge in [0.1, 0.15) is 0 Å². The van der Waals surface area contributed by atoms with Crippen LogP contribution in [0, 0.1) is 0 Å². The molecule has 3 heterocycles. The summed E-state index contributed by atoms with van der Waals surface area (Å²) in [5, 5.41) is 8.09. The highest BCUT2D eigenvalue weighted by atomic mass is 16.2. The third-order valence-electron chi connectivity index (χ3n) is 5.23. The number of aromatic nitrogens is 3. The maximum atomic E-state index is 12.5. The number of rotatable bonds is 5. The lowest BCUT2D eigenvalue weighted by Crippen LogP contribution is -2.27. The van der Waals surface area contributed by atoms with Crippen LogP contribution < -0.4 is 5.32 Å². The first kappa shape index (κ1) is 19.1. The first-order valence-electron chi connectivity index (χ1n) is 10.0. The van der Waals surface area contributed by atoms with Gasteiger partial charge in [0.05, 0.1) is 11.8 Å². The highest BCUT2D eigenvalue weighted by Crippen LogP contribution is 2.17. The van der Waals surface area contributed by atoms with Crippen molar-refractivity contribution >= 4 is 22.8 Å². The number of carbonyl (C=O) groups excluding carboxylic acids is 2. The quantitative estimate of drug-likeness (QED) is 0.724. The minimum Gasteiger partial charge on any atom is -0.348 e. The van der Waals surface area contributed by atoms with Crippen molar-refractivity contribution in [3.63, 3.8) is 0 Å². The molecule has 2 aromatic heterocycles. The number of likely N-dealkylation sites (tertiary alicyclic amines) is 1. The number of amides is 2. The van der Waals surface area contributed by atoms with Crippen LogP contribution in [0.2, 0.25) is 0 Å². The van der Waals surface area contributed by atoms with E-state index in [1.807, 2.05) is 47.7 Å². The molecule has 3 aromatic rings. The van der Waals surface area contributed by atoms with Crippen LogP contribution in [0.25, 0.3) is 11.0 Å². The predicted molar refractivity (Wildman–Crippen MR) is 111 cm³/mol. The molecule has 1 saturated heterocycles. The smallest absolute Gasteiger partial charge is 0.253 e. The number of benzene rings is 1. The van der Waals surface area contributed by atoms with Gasteiger partial charge in [-0.2, -0.15) is 5.10 Å². The van der Waals surface area contributed by atoms with Crippen LogP contribution in [0.1, 0.15) is 59.0 Å². The van der Waals surface area contributed by atoms with Gasteiger partial charge in [0.15, 0.2) is 5.65 Å². The molecule has 0 atom stereocenters. The zero-order valence-electron chi connectivity index (χ0n) is 16.8. The maximum Gasteiger partial charge on any atom is 0.253 e. The van der Waals surface area contributed by atoms with Crippen molar-refractivity contribution in [1.82, 2.24) is 25.0 Å². The van der Waals surface area contributed by atoms with Crippen molar-refractivity contribution in [1.29, 1.82) is 0 Å². The number of hydrogen-bond donors (Lipinski definition) is 1. The van der Waals surface area contributed by atoms with Crippen molar-refractivity contribution in [2.75, 3.05) is 13.1 Å². The van der Waals surface area contributed by atoms with E-state index in [0.717, 1.165) is 42.5 Å². The summed E-state index contributed by atoms with van der Waals surface area (Å²) < 4.78 is 1.84. The number of nitrogens with zero attached hydrogens (tertiary/aromatic N) is 4. The van der Waals surface area contributed by atoms with E-state index in [9.17, 15) is 9.59 Å². The van der Waals surface area contributed by atoms with Crippen LogP contribution in [0.4, 0.5) is 0 Å². The van der Waals surface area contributed by atoms with Crippen molar-refractivity contribution in [2.24, 2.45) is 0 Å². The van der Waals surface area contributed by atoms with Crippen LogP contribution in [0.15, 0.2) is 42.7 Å². The summed E-state index contributed by atoms with van der Waals surface area (Å²) in [5.74, 6) is -0.103. The van der Waals surface area contributed by atoms with Crippen LogP contribution in [0.3, 0.4) is 0 Å². The summed E-state index contributed by atoms with van der Waals surface area (Å²) >= 11 is 0. The second kappa shape index (κ2) is 8.03. The van der Waals surface area contributed by atoms with Gasteiger partial charge in [0.25, 0.3) is 11.8 Å². The molecule has 1 aromatic carbocycles. The summed E-state index contributed by atoms with van der Waals surface area (Å²) in [7, 11) is 0. The minimum absolute atomic E-state index is 0.0828. The first-order chi connectivity index (χ1) is 14.0. The number of nitrogens with one attached hydrogen (secondary N) is 1. The van der Waals surface area contributed by atoms with Gasteiger partial charge in [-0.3, -0.25) is 9.59 Å². The Morgan fingerprint density at radius 2 is 1.79 bits per heavy atom. The molecule has 1 N–H and O–H groups in total. The van der Waals surface area contributed by atoms with Crippen molar-refractivity contribution in [3.05, 3.63) is 59.4 Å². The van der Waals surface area contributed by atoms with E-state index in [4.69, 9.17) is 0 Å². The second-order valence-corrected chi connectivity index (χ2v) is 7.70. The average Bonchev–Trinajstić information content (AvgIpc) is 3.41. The predicted octanol–water partition coefficient (Wildman–Crippen LogP) is 3.18. The number of fused-ring (bicyclic) bond motifs is 1. The molecular weight excluding hydrogens is 366 g/mol. The van der Waals surface area contributed by atoms with Crippen LogP contribution >= 0.6 is 0 Å². The Morgan fingerprint density at radius 3 is 2.48 bits per heavy atom. The summed E-state index contributed by atoms with van der Waals surface area (Å²) in [5.41, 5.74) is 2.91. The Hall–Kier alpha value is -3.22. The summed E-state index contributed by atoms with van der Waals surface area (Å²) in [6.45, 7) is 6.15. The zero-order valence-corrected chi connectivity index (χ0v) is 16.8. The molecule has 2 amide bonds. The number of carbonyl (C=O) groups is 2. The summed E-state index contributed by atoms with van der Waals surface area (Å²) in [6, 6.07) is 9.45. The van der Waals surface area contributed by atoms with E-state index in [-0.39, 0.29) is 17.9 Å². The Labute approximate surface area is 169 Å². The largest absolute Gasteiger partial charge is 0.348 e. The topological polar surface area (TPSA) is 80.1 Å². The molecule has 0 saturated carbocycles. The van der Waals surface area contributed by atoms with Gasteiger partial charge in [-0.05, 0) is 50.5 Å². The molecule has 0 bridgehead atoms. The molecular formula is C22H25N5O2. The lowest BCUT2D eigenvalue weighted by molar-refractivity contribution is 0.0792. The molecule has 4 rings (SSSR count). The molecule has 150 valence electrons. The van der Waals surface area contributed by atoms with E-state index >= 15 is 0 Å². The van der Waals surface area contributed by atoms with Gasteiger partial charge in [0.2, 0.25) is 0 Å². The fourth-order valence-electron chi connectivity index (χ4n) is 3.59. The standard InChI is InChI=1S/C22H25N5O2/c1-15(2)27-20-18(14-25-27)11-19(13-23-20)21(28)24-12-16-5-7-17(8-6-16)22(29)26-9-3-4-10-26/h5-8,11,13-15H,3-4,9-10,12H2,1-2H3,(H,24,28). The fraction of sp³-hybridized carbons (Fsp3) is 0.364. The third kappa shape index (κ3) is 3.99. The van der Waals surface area contributed by atoms with E-state index in [0.29, 0.717) is 17.7 Å². The van der Waals surface area contributed by atoms with Gasteiger partial charge < -0.3 is 10.2 Å². The van der Waals surface area contributed by atoms with Crippen LogP contribution in [-0.2, 0) is 6.54 Å². The first-order valence-corrected chi connectivity index (χ1v) is 10.0. The Kier molecular flexibility index (Phi) is 5.29.